The molecule has 15 nitrogen and oxygen atoms in total. The Balaban J connectivity index is 0.00000161. The van der Waals surface area contributed by atoms with Crippen molar-refractivity contribution in [1.82, 2.24) is 0 Å². The van der Waals surface area contributed by atoms with Crippen LogP contribution in [-0.2, 0) is 78.7 Å². The van der Waals surface area contributed by atoms with Crippen LogP contribution in [0.3, 0.4) is 0 Å². The molecule has 0 aliphatic heterocycles. The van der Waals surface area contributed by atoms with Crippen molar-refractivity contribution < 1.29 is 68.6 Å². The van der Waals surface area contributed by atoms with Gasteiger partial charge < -0.3 is 54.9 Å². The smallest absolute Gasteiger partial charge is 0.501 e. The van der Waals surface area contributed by atoms with Crippen LogP contribution in [0.25, 0.3) is 0 Å². The predicted octanol–water partition coefficient (Wildman–Crippen LogP) is 22.5. The average Bonchev–Trinajstić information content (AvgIpc) is 0.873. The lowest BCUT2D eigenvalue weighted by molar-refractivity contribution is -0.697. The Bertz CT molecular complexity index is 2050. The normalized spacial score (nSPS) is 11.7. The van der Waals surface area contributed by atoms with E-state index in [9.17, 15) is 0 Å². The zero-order valence-electron chi connectivity index (χ0n) is 75.4. The minimum Gasteiger partial charge on any atom is -0.907 e. The maximum atomic E-state index is 8.42. The minimum absolute atomic E-state index is 0.639. The van der Waals surface area contributed by atoms with Gasteiger partial charge in [0.1, 0.15) is 19.6 Å². The molecular formula is C93H180BN3O12Si3. The molecule has 3 aromatic heterocycles. The SMILES string of the molecule is CCCCCCCCCCCCCCCCCC[n+]1ccc(CC[Si](OCC)(OCC)OCC)cc1.CCCCCCCCCCCCCCCCCC[n+]1ccc(CC[Si](OCC)(OCC)OCC)cc1.CCCCCCCCCCCCCCCCCC[n+]1ccc(CC[Si](OCC)(OCC)OCC)cc1.[O-]B([O-])[O-]. The molecule has 112 heavy (non-hydrogen) atoms. The Labute approximate surface area is 696 Å². The Morgan fingerprint density at radius 2 is 0.339 bits per heavy atom. The van der Waals surface area contributed by atoms with Crippen molar-refractivity contribution in [2.45, 2.75) is 448 Å². The van der Waals surface area contributed by atoms with Crippen LogP contribution in [0.2, 0.25) is 18.1 Å². The standard InChI is InChI=1S/3C31H60NO3Si.BO3/c3*1-5-9-10-11-12-13-14-15-16-17-18-19-20-21-22-23-27-32-28-24-31(25-29-32)26-30-36(33-6-2,34-7-3)35-8-4;2-1(3)4/h3*24-25,28-29H,5-23,26-27,30H2,1-4H3;/q3*+1;-3. The molecule has 0 aromatic carbocycles. The summed E-state index contributed by atoms with van der Waals surface area (Å²) in [5.41, 5.74) is 3.98. The summed E-state index contributed by atoms with van der Waals surface area (Å²) in [6, 6.07) is 16.0. The summed E-state index contributed by atoms with van der Waals surface area (Å²) in [5.74, 6) is 0. The first-order chi connectivity index (χ1) is 54.8. The average molecular weight is 1630 g/mol. The third-order valence-corrected chi connectivity index (χ3v) is 30.3. The van der Waals surface area contributed by atoms with Crippen LogP contribution in [0, 0.1) is 0 Å². The van der Waals surface area contributed by atoms with Crippen LogP contribution < -0.4 is 28.8 Å². The van der Waals surface area contributed by atoms with E-state index in [-0.39, 0.29) is 0 Å². The zero-order valence-corrected chi connectivity index (χ0v) is 78.4. The van der Waals surface area contributed by atoms with Gasteiger partial charge in [-0.3, -0.25) is 7.32 Å². The zero-order chi connectivity index (χ0) is 82.1. The second-order valence-electron chi connectivity index (χ2n) is 31.0. The minimum atomic E-state index is -2.92. The van der Waals surface area contributed by atoms with Gasteiger partial charge in [-0.15, -0.1) is 0 Å². The number of aromatic nitrogens is 3. The molecule has 0 aliphatic carbocycles. The van der Waals surface area contributed by atoms with E-state index in [0.29, 0.717) is 59.5 Å². The Hall–Kier alpha value is -2.31. The summed E-state index contributed by atoms with van der Waals surface area (Å²) in [4.78, 5) is 0. The maximum Gasteiger partial charge on any atom is 0.501 e. The lowest BCUT2D eigenvalue weighted by Crippen LogP contribution is -2.56. The van der Waals surface area contributed by atoms with Crippen molar-refractivity contribution in [3.8, 4) is 0 Å². The monoisotopic (exact) mass is 1630 g/mol. The second-order valence-corrected chi connectivity index (χ2v) is 39.2. The highest BCUT2D eigenvalue weighted by molar-refractivity contribution is 6.61. The number of pyridine rings is 3. The summed E-state index contributed by atoms with van der Waals surface area (Å²) < 4.78 is 60.8. The van der Waals surface area contributed by atoms with E-state index < -0.39 is 33.7 Å². The van der Waals surface area contributed by atoms with Gasteiger partial charge in [0, 0.05) is 133 Å². The first kappa shape index (κ1) is 110. The third-order valence-electron chi connectivity index (χ3n) is 21.1. The van der Waals surface area contributed by atoms with Gasteiger partial charge in [-0.2, -0.15) is 0 Å². The Kier molecular flexibility index (Phi) is 80.7. The van der Waals surface area contributed by atoms with Gasteiger partial charge in [-0.1, -0.05) is 290 Å². The van der Waals surface area contributed by atoms with Crippen LogP contribution in [-0.4, -0.2) is 93.2 Å². The molecular weight excluding hydrogens is 1450 g/mol. The molecule has 3 heterocycles. The van der Waals surface area contributed by atoms with E-state index >= 15 is 0 Å². The van der Waals surface area contributed by atoms with Gasteiger partial charge >= 0.3 is 26.4 Å². The van der Waals surface area contributed by atoms with E-state index in [1.807, 2.05) is 62.3 Å². The van der Waals surface area contributed by atoms with Crippen LogP contribution in [0.4, 0.5) is 0 Å². The quantitative estimate of drug-likeness (QED) is 0.0299. The predicted molar refractivity (Wildman–Crippen MR) is 472 cm³/mol. The highest BCUT2D eigenvalue weighted by Crippen LogP contribution is 2.24. The summed E-state index contributed by atoms with van der Waals surface area (Å²) in [6.45, 7) is 34.2. The van der Waals surface area contributed by atoms with Gasteiger partial charge in [0.15, 0.2) is 37.2 Å². The first-order valence-electron chi connectivity index (χ1n) is 47.5. The largest absolute Gasteiger partial charge is 0.907 e. The topological polar surface area (TPSA) is 164 Å². The lowest BCUT2D eigenvalue weighted by atomic mass is 10.0. The number of rotatable bonds is 78. The Morgan fingerprint density at radius 3 is 0.464 bits per heavy atom. The lowest BCUT2D eigenvalue weighted by Gasteiger charge is -2.35. The van der Waals surface area contributed by atoms with Crippen LogP contribution >= 0.6 is 0 Å². The molecule has 0 aliphatic rings. The molecule has 3 aromatic rings. The number of unbranched alkanes of at least 4 members (excludes halogenated alkanes) is 45. The van der Waals surface area contributed by atoms with Crippen LogP contribution in [0.1, 0.15) is 408 Å². The molecule has 0 spiro atoms. The summed E-state index contributed by atoms with van der Waals surface area (Å²) >= 11 is 0. The second kappa shape index (κ2) is 82.4. The summed E-state index contributed by atoms with van der Waals surface area (Å²) in [6.07, 6.45) is 84.3. The van der Waals surface area contributed by atoms with Crippen molar-refractivity contribution >= 4 is 33.7 Å². The van der Waals surface area contributed by atoms with Gasteiger partial charge in [0.05, 0.1) is 0 Å². The molecule has 0 saturated carbocycles. The summed E-state index contributed by atoms with van der Waals surface area (Å²) in [5, 5.41) is 25.2. The number of hydrogen-bond donors (Lipinski definition) is 0. The molecule has 0 radical (unpaired) electrons. The highest BCUT2D eigenvalue weighted by Gasteiger charge is 2.42. The van der Waals surface area contributed by atoms with E-state index in [2.05, 4.69) is 108 Å². The van der Waals surface area contributed by atoms with E-state index in [1.54, 1.807) is 0 Å². The van der Waals surface area contributed by atoms with Gasteiger partial charge in [-0.05, 0) is 118 Å². The molecule has 0 bridgehead atoms. The van der Waals surface area contributed by atoms with Crippen molar-refractivity contribution in [2.24, 2.45) is 0 Å². The van der Waals surface area contributed by atoms with Crippen molar-refractivity contribution in [2.75, 3.05) is 59.5 Å². The molecule has 0 saturated heterocycles. The summed E-state index contributed by atoms with van der Waals surface area (Å²) in [7, 11) is -10.6. The number of nitrogens with zero attached hydrogens (tertiary/aromatic N) is 3. The maximum absolute atomic E-state index is 8.42. The van der Waals surface area contributed by atoms with E-state index in [4.69, 9.17) is 54.9 Å². The van der Waals surface area contributed by atoms with E-state index in [0.717, 1.165) is 57.0 Å². The molecule has 0 N–H and O–H groups in total. The molecule has 654 valence electrons. The van der Waals surface area contributed by atoms with Gasteiger partial charge in [-0.25, -0.2) is 13.7 Å². The fourth-order valence-corrected chi connectivity index (χ4v) is 22.6. The fraction of sp³-hybridized carbons (Fsp3) is 0.839. The fourth-order valence-electron chi connectivity index (χ4n) is 14.8. The molecule has 0 fully saturated rings. The van der Waals surface area contributed by atoms with Crippen LogP contribution in [0.5, 0.6) is 0 Å². The molecule has 0 atom stereocenters. The molecule has 3 rings (SSSR count). The van der Waals surface area contributed by atoms with Gasteiger partial charge in [0.25, 0.3) is 0 Å². The third kappa shape index (κ3) is 66.6. The van der Waals surface area contributed by atoms with Crippen molar-refractivity contribution in [3.63, 3.8) is 0 Å². The van der Waals surface area contributed by atoms with Gasteiger partial charge in [0.2, 0.25) is 0 Å². The Morgan fingerprint density at radius 1 is 0.214 bits per heavy atom. The molecule has 19 heteroatoms. The van der Waals surface area contributed by atoms with Crippen molar-refractivity contribution in [1.29, 1.82) is 0 Å². The van der Waals surface area contributed by atoms with Crippen LogP contribution in [0.15, 0.2) is 73.6 Å². The van der Waals surface area contributed by atoms with E-state index in [1.165, 1.54) is 325 Å². The number of hydrogen-bond acceptors (Lipinski definition) is 12. The molecule has 0 amide bonds. The molecule has 0 unspecified atom stereocenters. The first-order valence-corrected chi connectivity index (χ1v) is 53.3. The highest BCUT2D eigenvalue weighted by atomic mass is 28.4. The van der Waals surface area contributed by atoms with Crippen molar-refractivity contribution in [3.05, 3.63) is 90.3 Å². The number of aryl methyl sites for hydroxylation is 6.